The fraction of sp³-hybridized carbons (Fsp3) is 0.278. The zero-order chi connectivity index (χ0) is 20.3. The van der Waals surface area contributed by atoms with E-state index in [1.165, 1.54) is 19.2 Å². The number of benzene rings is 1. The molecule has 3 aromatic rings. The molecule has 0 aliphatic heterocycles. The summed E-state index contributed by atoms with van der Waals surface area (Å²) in [6.07, 6.45) is 3.61. The number of hydrogen-bond donors (Lipinski definition) is 3. The zero-order valence-electron chi connectivity index (χ0n) is 15.7. The lowest BCUT2D eigenvalue weighted by Gasteiger charge is -2.13. The van der Waals surface area contributed by atoms with Crippen LogP contribution in [0, 0.1) is 11.3 Å². The van der Waals surface area contributed by atoms with Gasteiger partial charge in [-0.05, 0) is 18.6 Å². The van der Waals surface area contributed by atoms with Crippen LogP contribution in [0.15, 0.2) is 29.3 Å². The van der Waals surface area contributed by atoms with Crippen LogP contribution in [0.25, 0.3) is 11.0 Å². The van der Waals surface area contributed by atoms with Crippen LogP contribution in [0.1, 0.15) is 18.9 Å². The minimum absolute atomic E-state index is 0.152. The Morgan fingerprint density at radius 2 is 2.11 bits per heavy atom. The second-order valence-electron chi connectivity index (χ2n) is 6.12. The van der Waals surface area contributed by atoms with E-state index in [0.29, 0.717) is 40.4 Å². The van der Waals surface area contributed by atoms with Crippen LogP contribution in [0.5, 0.6) is 5.75 Å². The summed E-state index contributed by atoms with van der Waals surface area (Å²) in [6.45, 7) is 2.72. The van der Waals surface area contributed by atoms with Crippen molar-refractivity contribution in [2.24, 2.45) is 0 Å². The van der Waals surface area contributed by atoms with E-state index in [-0.39, 0.29) is 10.8 Å². The minimum atomic E-state index is -3.36. The Morgan fingerprint density at radius 3 is 2.75 bits per heavy atom. The number of nitrogens with one attached hydrogen (secondary N) is 3. The molecule has 28 heavy (non-hydrogen) atoms. The highest BCUT2D eigenvalue weighted by Gasteiger charge is 2.16. The normalized spacial score (nSPS) is 11.2. The van der Waals surface area contributed by atoms with Gasteiger partial charge in [-0.2, -0.15) is 15.2 Å². The zero-order valence-corrected chi connectivity index (χ0v) is 16.5. The fourth-order valence-electron chi connectivity index (χ4n) is 2.67. The summed E-state index contributed by atoms with van der Waals surface area (Å²) in [6, 6.07) is 6.64. The first-order valence-corrected chi connectivity index (χ1v) is 10.4. The van der Waals surface area contributed by atoms with Crippen LogP contribution in [0.4, 0.5) is 17.5 Å². The molecule has 0 unspecified atom stereocenters. The largest absolute Gasteiger partial charge is 0.495 e. The molecule has 3 rings (SSSR count). The third kappa shape index (κ3) is 3.84. The Hall–Kier alpha value is -3.32. The Bertz CT molecular complexity index is 1160. The summed E-state index contributed by atoms with van der Waals surface area (Å²) in [5, 5.41) is 16.2. The van der Waals surface area contributed by atoms with E-state index < -0.39 is 9.84 Å². The first-order chi connectivity index (χ1) is 13.4. The predicted octanol–water partition coefficient (Wildman–Crippen LogP) is 2.81. The number of anilines is 3. The second kappa shape index (κ2) is 7.74. The van der Waals surface area contributed by atoms with Gasteiger partial charge in [0.15, 0.2) is 9.84 Å². The lowest BCUT2D eigenvalue weighted by Crippen LogP contribution is -2.07. The number of ether oxygens (including phenoxy) is 1. The lowest BCUT2D eigenvalue weighted by molar-refractivity contribution is 0.415. The molecule has 3 N–H and O–H groups in total. The molecule has 0 saturated heterocycles. The summed E-state index contributed by atoms with van der Waals surface area (Å²) >= 11 is 0. The van der Waals surface area contributed by atoms with Gasteiger partial charge >= 0.3 is 0 Å². The highest BCUT2D eigenvalue weighted by molar-refractivity contribution is 7.90. The molecule has 0 aliphatic rings. The van der Waals surface area contributed by atoms with Gasteiger partial charge in [-0.1, -0.05) is 6.92 Å². The maximum atomic E-state index is 11.8. The van der Waals surface area contributed by atoms with Crippen LogP contribution >= 0.6 is 0 Å². The molecule has 0 atom stereocenters. The molecular weight excluding hydrogens is 380 g/mol. The van der Waals surface area contributed by atoms with Gasteiger partial charge in [0.1, 0.15) is 23.3 Å². The molecule has 0 aliphatic carbocycles. The van der Waals surface area contributed by atoms with Crippen molar-refractivity contribution in [1.82, 2.24) is 15.0 Å². The smallest absolute Gasteiger partial charge is 0.231 e. The standard InChI is InChI=1S/C18H20N6O3S/c1-4-7-20-16-15-11(9-19)10-21-17(15)24-18(23-16)22-13-6-5-12(28(3,25)26)8-14(13)27-2/h5-6,8,10H,4,7H2,1-3H3,(H3,20,21,22,23,24). The van der Waals surface area contributed by atoms with Gasteiger partial charge in [0.05, 0.1) is 28.6 Å². The van der Waals surface area contributed by atoms with E-state index in [4.69, 9.17) is 4.74 Å². The monoisotopic (exact) mass is 400 g/mol. The Labute approximate surface area is 162 Å². The van der Waals surface area contributed by atoms with Gasteiger partial charge in [-0.3, -0.25) is 0 Å². The van der Waals surface area contributed by atoms with E-state index in [2.05, 4.69) is 31.7 Å². The molecule has 0 saturated carbocycles. The molecule has 0 bridgehead atoms. The first-order valence-electron chi connectivity index (χ1n) is 8.55. The van der Waals surface area contributed by atoms with Crippen molar-refractivity contribution in [3.05, 3.63) is 30.0 Å². The van der Waals surface area contributed by atoms with E-state index in [1.807, 2.05) is 6.92 Å². The SMILES string of the molecule is CCCNc1nc(Nc2ccc(S(C)(=O)=O)cc2OC)nc2[nH]cc(C#N)c12. The van der Waals surface area contributed by atoms with Crippen molar-refractivity contribution < 1.29 is 13.2 Å². The van der Waals surface area contributed by atoms with Gasteiger partial charge < -0.3 is 20.4 Å². The van der Waals surface area contributed by atoms with Crippen molar-refractivity contribution >= 4 is 38.3 Å². The van der Waals surface area contributed by atoms with Crippen molar-refractivity contribution in [1.29, 1.82) is 5.26 Å². The number of sulfone groups is 1. The minimum Gasteiger partial charge on any atom is -0.495 e. The van der Waals surface area contributed by atoms with Gasteiger partial charge in [-0.25, -0.2) is 8.42 Å². The van der Waals surface area contributed by atoms with Crippen LogP contribution in [0.2, 0.25) is 0 Å². The molecule has 2 heterocycles. The van der Waals surface area contributed by atoms with Crippen molar-refractivity contribution in [3.63, 3.8) is 0 Å². The quantitative estimate of drug-likeness (QED) is 0.551. The number of methoxy groups -OCH3 is 1. The third-order valence-corrected chi connectivity index (χ3v) is 5.15. The van der Waals surface area contributed by atoms with Crippen molar-refractivity contribution in [2.45, 2.75) is 18.2 Å². The molecule has 0 fully saturated rings. The molecule has 1 aromatic carbocycles. The molecule has 0 radical (unpaired) electrons. The molecule has 10 heteroatoms. The number of fused-ring (bicyclic) bond motifs is 1. The Kier molecular flexibility index (Phi) is 5.37. The number of nitrogens with zero attached hydrogens (tertiary/aromatic N) is 3. The van der Waals surface area contributed by atoms with Crippen molar-refractivity contribution in [3.8, 4) is 11.8 Å². The number of hydrogen-bond acceptors (Lipinski definition) is 8. The predicted molar refractivity (Wildman–Crippen MR) is 107 cm³/mol. The lowest BCUT2D eigenvalue weighted by atomic mass is 10.2. The highest BCUT2D eigenvalue weighted by atomic mass is 32.2. The molecule has 0 spiro atoms. The molecular formula is C18H20N6O3S. The van der Waals surface area contributed by atoms with E-state index >= 15 is 0 Å². The molecule has 9 nitrogen and oxygen atoms in total. The summed E-state index contributed by atoms with van der Waals surface area (Å²) in [7, 11) is -1.90. The van der Waals surface area contributed by atoms with E-state index in [0.717, 1.165) is 12.7 Å². The number of nitriles is 1. The van der Waals surface area contributed by atoms with Gasteiger partial charge in [-0.15, -0.1) is 0 Å². The topological polar surface area (TPSA) is 133 Å². The summed E-state index contributed by atoms with van der Waals surface area (Å²) < 4.78 is 28.8. The van der Waals surface area contributed by atoms with Gasteiger partial charge in [0.2, 0.25) is 5.95 Å². The molecule has 2 aromatic heterocycles. The van der Waals surface area contributed by atoms with E-state index in [9.17, 15) is 13.7 Å². The van der Waals surface area contributed by atoms with Crippen LogP contribution in [-0.4, -0.2) is 43.3 Å². The second-order valence-corrected chi connectivity index (χ2v) is 8.14. The van der Waals surface area contributed by atoms with Crippen LogP contribution < -0.4 is 15.4 Å². The fourth-order valence-corrected chi connectivity index (χ4v) is 3.31. The number of aromatic nitrogens is 3. The van der Waals surface area contributed by atoms with Gasteiger partial charge in [0, 0.05) is 25.1 Å². The van der Waals surface area contributed by atoms with Crippen LogP contribution in [0.3, 0.4) is 0 Å². The maximum absolute atomic E-state index is 11.8. The number of rotatable bonds is 7. The highest BCUT2D eigenvalue weighted by Crippen LogP contribution is 2.31. The molecule has 0 amide bonds. The average Bonchev–Trinajstić information content (AvgIpc) is 3.08. The average molecular weight is 400 g/mol. The summed E-state index contributed by atoms with van der Waals surface area (Å²) in [5.74, 6) is 1.17. The maximum Gasteiger partial charge on any atom is 0.231 e. The van der Waals surface area contributed by atoms with E-state index in [1.54, 1.807) is 12.3 Å². The van der Waals surface area contributed by atoms with Gasteiger partial charge in [0.25, 0.3) is 0 Å². The third-order valence-electron chi connectivity index (χ3n) is 4.04. The Morgan fingerprint density at radius 1 is 1.32 bits per heavy atom. The number of aromatic amines is 1. The first kappa shape index (κ1) is 19.4. The van der Waals surface area contributed by atoms with Crippen molar-refractivity contribution in [2.75, 3.05) is 30.5 Å². The summed E-state index contributed by atoms with van der Waals surface area (Å²) in [5.41, 5.74) is 1.48. The van der Waals surface area contributed by atoms with Crippen LogP contribution in [-0.2, 0) is 9.84 Å². The Balaban J connectivity index is 2.04. The molecule has 146 valence electrons. The number of H-pyrrole nitrogens is 1. The summed E-state index contributed by atoms with van der Waals surface area (Å²) in [4.78, 5) is 12.0.